The van der Waals surface area contributed by atoms with E-state index in [1.54, 1.807) is 17.2 Å². The Balaban J connectivity index is 1.13. The van der Waals surface area contributed by atoms with E-state index in [1.165, 1.54) is 11.3 Å². The number of benzene rings is 1. The average Bonchev–Trinajstić information content (AvgIpc) is 3.60. The molecule has 1 atom stereocenters. The van der Waals surface area contributed by atoms with Gasteiger partial charge in [-0.15, -0.1) is 11.3 Å². The summed E-state index contributed by atoms with van der Waals surface area (Å²) in [6, 6.07) is 5.55. The zero-order valence-corrected chi connectivity index (χ0v) is 22.3. The molecule has 1 saturated heterocycles. The number of carbonyl (C=O) groups is 2. The molecule has 38 heavy (non-hydrogen) atoms. The third-order valence-corrected chi connectivity index (χ3v) is 7.88. The molecule has 0 radical (unpaired) electrons. The molecule has 1 aromatic carbocycles. The van der Waals surface area contributed by atoms with Crippen molar-refractivity contribution >= 4 is 45.7 Å². The number of halogens is 1. The molecule has 3 aromatic heterocycles. The number of carbonyl (C=O) groups excluding carboxylic acids is 2. The second-order valence-corrected chi connectivity index (χ2v) is 10.8. The lowest BCUT2D eigenvalue weighted by atomic mass is 10.0. The number of amides is 2. The maximum Gasteiger partial charge on any atom is 0.254 e. The Morgan fingerprint density at radius 3 is 2.95 bits per heavy atom. The standard InChI is InChI=1S/C26H26ClN7O3S/c1-15(21-13-33-6-9-38-26(33)31-21)29-22(35)14-34-12-17-3-2-16(10-19(17)24(34)36)23-20(27)11-28-25(32-23)30-18-4-7-37-8-5-18/h2-3,6,9-11,13,15,18H,4-5,7-8,12,14H2,1H3,(H,29,35)(H,28,30,32). The first kappa shape index (κ1) is 24.8. The molecule has 4 aromatic rings. The fourth-order valence-electron chi connectivity index (χ4n) is 4.79. The summed E-state index contributed by atoms with van der Waals surface area (Å²) < 4.78 is 7.34. The molecule has 2 aliphatic rings. The number of anilines is 1. The smallest absolute Gasteiger partial charge is 0.254 e. The molecular formula is C26H26ClN7O3S. The quantitative estimate of drug-likeness (QED) is 0.358. The van der Waals surface area contributed by atoms with Crippen LogP contribution in [-0.4, -0.2) is 61.9 Å². The molecule has 2 N–H and O–H groups in total. The monoisotopic (exact) mass is 551 g/mol. The highest BCUT2D eigenvalue weighted by molar-refractivity contribution is 7.15. The van der Waals surface area contributed by atoms with Gasteiger partial charge in [0.05, 0.1) is 28.6 Å². The van der Waals surface area contributed by atoms with Crippen molar-refractivity contribution in [2.75, 3.05) is 25.1 Å². The molecule has 0 bridgehead atoms. The molecule has 0 aliphatic carbocycles. The molecule has 1 unspecified atom stereocenters. The molecule has 0 spiro atoms. The zero-order chi connectivity index (χ0) is 26.2. The Bertz CT molecular complexity index is 1490. The lowest BCUT2D eigenvalue weighted by molar-refractivity contribution is -0.122. The van der Waals surface area contributed by atoms with Gasteiger partial charge in [-0.2, -0.15) is 0 Å². The molecular weight excluding hydrogens is 526 g/mol. The normalized spacial score (nSPS) is 16.6. The van der Waals surface area contributed by atoms with E-state index in [0.717, 1.165) is 34.6 Å². The fourth-order valence-corrected chi connectivity index (χ4v) is 5.70. The number of hydrogen-bond acceptors (Lipinski definition) is 8. The van der Waals surface area contributed by atoms with Crippen molar-refractivity contribution in [1.82, 2.24) is 29.6 Å². The lowest BCUT2D eigenvalue weighted by Crippen LogP contribution is -2.38. The van der Waals surface area contributed by atoms with E-state index in [1.807, 2.05) is 41.2 Å². The minimum Gasteiger partial charge on any atom is -0.381 e. The first-order chi connectivity index (χ1) is 18.4. The topological polar surface area (TPSA) is 114 Å². The number of rotatable bonds is 7. The van der Waals surface area contributed by atoms with Crippen LogP contribution in [-0.2, 0) is 16.1 Å². The second kappa shape index (κ2) is 10.3. The van der Waals surface area contributed by atoms with Crippen LogP contribution in [0.3, 0.4) is 0 Å². The van der Waals surface area contributed by atoms with Gasteiger partial charge in [0.1, 0.15) is 6.54 Å². The summed E-state index contributed by atoms with van der Waals surface area (Å²) in [7, 11) is 0. The van der Waals surface area contributed by atoms with Gasteiger partial charge in [0.15, 0.2) is 4.96 Å². The maximum absolute atomic E-state index is 13.2. The van der Waals surface area contributed by atoms with Crippen LogP contribution in [0.15, 0.2) is 42.2 Å². The van der Waals surface area contributed by atoms with Crippen LogP contribution in [0, 0.1) is 0 Å². The fraction of sp³-hybridized carbons (Fsp3) is 0.346. The van der Waals surface area contributed by atoms with Crippen LogP contribution < -0.4 is 10.6 Å². The Kier molecular flexibility index (Phi) is 6.73. The van der Waals surface area contributed by atoms with Crippen LogP contribution in [0.4, 0.5) is 5.95 Å². The Morgan fingerprint density at radius 1 is 1.29 bits per heavy atom. The van der Waals surface area contributed by atoms with Gasteiger partial charge in [0.2, 0.25) is 11.9 Å². The lowest BCUT2D eigenvalue weighted by Gasteiger charge is -2.23. The van der Waals surface area contributed by atoms with Gasteiger partial charge < -0.3 is 20.3 Å². The molecule has 2 aliphatic heterocycles. The number of aromatic nitrogens is 4. The van der Waals surface area contributed by atoms with Crippen molar-refractivity contribution < 1.29 is 14.3 Å². The Labute approximate surface area is 228 Å². The van der Waals surface area contributed by atoms with Crippen LogP contribution >= 0.6 is 22.9 Å². The largest absolute Gasteiger partial charge is 0.381 e. The van der Waals surface area contributed by atoms with Gasteiger partial charge in [0, 0.05) is 54.7 Å². The third kappa shape index (κ3) is 4.96. The third-order valence-electron chi connectivity index (χ3n) is 6.83. The molecule has 2 amide bonds. The summed E-state index contributed by atoms with van der Waals surface area (Å²) in [5, 5.41) is 8.67. The van der Waals surface area contributed by atoms with E-state index in [4.69, 9.17) is 16.3 Å². The predicted molar refractivity (Wildman–Crippen MR) is 144 cm³/mol. The summed E-state index contributed by atoms with van der Waals surface area (Å²) in [5.41, 5.74) is 3.46. The van der Waals surface area contributed by atoms with Crippen LogP contribution in [0.5, 0.6) is 0 Å². The van der Waals surface area contributed by atoms with Gasteiger partial charge in [-0.25, -0.2) is 15.0 Å². The van der Waals surface area contributed by atoms with Gasteiger partial charge in [-0.1, -0.05) is 23.7 Å². The highest BCUT2D eigenvalue weighted by Gasteiger charge is 2.30. The van der Waals surface area contributed by atoms with E-state index < -0.39 is 0 Å². The van der Waals surface area contributed by atoms with Gasteiger partial charge in [-0.05, 0) is 31.4 Å². The van der Waals surface area contributed by atoms with Crippen molar-refractivity contribution in [2.45, 2.75) is 38.4 Å². The molecule has 6 rings (SSSR count). The summed E-state index contributed by atoms with van der Waals surface area (Å²) in [5.74, 6) is 0.0592. The number of hydrogen-bond donors (Lipinski definition) is 2. The molecule has 0 saturated carbocycles. The van der Waals surface area contributed by atoms with Crippen molar-refractivity contribution in [2.24, 2.45) is 0 Å². The van der Waals surface area contributed by atoms with Crippen LogP contribution in [0.2, 0.25) is 5.02 Å². The number of imidazole rings is 1. The molecule has 12 heteroatoms. The number of nitrogens with one attached hydrogen (secondary N) is 2. The second-order valence-electron chi connectivity index (χ2n) is 9.50. The highest BCUT2D eigenvalue weighted by atomic mass is 35.5. The van der Waals surface area contributed by atoms with Crippen molar-refractivity contribution in [1.29, 1.82) is 0 Å². The minimum absolute atomic E-state index is 0.0389. The van der Waals surface area contributed by atoms with Gasteiger partial charge in [-0.3, -0.25) is 14.0 Å². The minimum atomic E-state index is -0.273. The number of nitrogens with zero attached hydrogens (tertiary/aromatic N) is 5. The van der Waals surface area contributed by atoms with Gasteiger partial charge >= 0.3 is 0 Å². The van der Waals surface area contributed by atoms with E-state index in [-0.39, 0.29) is 30.4 Å². The van der Waals surface area contributed by atoms with E-state index in [2.05, 4.69) is 25.6 Å². The molecule has 5 heterocycles. The first-order valence-electron chi connectivity index (χ1n) is 12.5. The SMILES string of the molecule is CC(NC(=O)CN1Cc2ccc(-c3nc(NC4CCOCC4)ncc3Cl)cc2C1=O)c1cn2ccsc2n1. The summed E-state index contributed by atoms with van der Waals surface area (Å²) >= 11 is 7.98. The van der Waals surface area contributed by atoms with Crippen molar-refractivity contribution in [3.05, 3.63) is 64.0 Å². The van der Waals surface area contributed by atoms with Crippen molar-refractivity contribution in [3.8, 4) is 11.3 Å². The predicted octanol–water partition coefficient (Wildman–Crippen LogP) is 3.93. The molecule has 1 fully saturated rings. The molecule has 196 valence electrons. The maximum atomic E-state index is 13.2. The van der Waals surface area contributed by atoms with E-state index in [0.29, 0.717) is 42.0 Å². The van der Waals surface area contributed by atoms with E-state index >= 15 is 0 Å². The first-order valence-corrected chi connectivity index (χ1v) is 13.7. The van der Waals surface area contributed by atoms with Crippen molar-refractivity contribution in [3.63, 3.8) is 0 Å². The number of ether oxygens (including phenoxy) is 1. The number of thiazole rings is 1. The van der Waals surface area contributed by atoms with E-state index in [9.17, 15) is 9.59 Å². The zero-order valence-electron chi connectivity index (χ0n) is 20.7. The van der Waals surface area contributed by atoms with Crippen LogP contribution in [0.1, 0.15) is 47.4 Å². The van der Waals surface area contributed by atoms with Gasteiger partial charge in [0.25, 0.3) is 5.91 Å². The number of fused-ring (bicyclic) bond motifs is 2. The highest BCUT2D eigenvalue weighted by Crippen LogP contribution is 2.31. The Morgan fingerprint density at radius 2 is 2.13 bits per heavy atom. The summed E-state index contributed by atoms with van der Waals surface area (Å²) in [4.78, 5) is 41.9. The summed E-state index contributed by atoms with van der Waals surface area (Å²) in [6.45, 7) is 3.63. The summed E-state index contributed by atoms with van der Waals surface area (Å²) in [6.07, 6.45) is 7.17. The van der Waals surface area contributed by atoms with Crippen LogP contribution in [0.25, 0.3) is 16.2 Å². The average molecular weight is 552 g/mol. The molecule has 10 nitrogen and oxygen atoms in total. The Hall–Kier alpha value is -3.54.